The molecular formula is C14H11ClN2O5S. The molecule has 0 atom stereocenters. The summed E-state index contributed by atoms with van der Waals surface area (Å²) < 4.78 is 23.1. The SMILES string of the molecule is CS(=O)(=O)c1ccc(Cl)c(C(=O)Nc2cccc([N+](=O)[O-])c2)c1. The van der Waals surface area contributed by atoms with Crippen molar-refractivity contribution in [3.05, 3.63) is 63.2 Å². The Morgan fingerprint density at radius 2 is 1.91 bits per heavy atom. The number of benzene rings is 2. The average molecular weight is 355 g/mol. The molecule has 2 rings (SSSR count). The Morgan fingerprint density at radius 3 is 2.52 bits per heavy atom. The Kier molecular flexibility index (Phi) is 4.67. The number of hydrogen-bond donors (Lipinski definition) is 1. The van der Waals surface area contributed by atoms with Crippen LogP contribution in [0.25, 0.3) is 0 Å². The number of sulfone groups is 1. The highest BCUT2D eigenvalue weighted by atomic mass is 35.5. The molecule has 0 bridgehead atoms. The van der Waals surface area contributed by atoms with E-state index in [-0.39, 0.29) is 26.9 Å². The number of nitrogens with zero attached hydrogens (tertiary/aromatic N) is 1. The van der Waals surface area contributed by atoms with E-state index in [2.05, 4.69) is 5.32 Å². The smallest absolute Gasteiger partial charge is 0.271 e. The minimum Gasteiger partial charge on any atom is -0.322 e. The lowest BCUT2D eigenvalue weighted by Gasteiger charge is -2.08. The van der Waals surface area contributed by atoms with E-state index in [0.717, 1.165) is 12.3 Å². The maximum Gasteiger partial charge on any atom is 0.271 e. The number of amides is 1. The van der Waals surface area contributed by atoms with Crippen LogP contribution in [0, 0.1) is 10.1 Å². The Hall–Kier alpha value is -2.45. The van der Waals surface area contributed by atoms with E-state index in [4.69, 9.17) is 11.6 Å². The summed E-state index contributed by atoms with van der Waals surface area (Å²) in [6.45, 7) is 0. The first kappa shape index (κ1) is 16.9. The molecule has 0 aliphatic heterocycles. The zero-order chi connectivity index (χ0) is 17.2. The third-order valence-corrected chi connectivity index (χ3v) is 4.37. The minimum absolute atomic E-state index is 0.0407. The zero-order valence-corrected chi connectivity index (χ0v) is 13.4. The quantitative estimate of drug-likeness (QED) is 0.671. The van der Waals surface area contributed by atoms with Crippen molar-refractivity contribution in [3.8, 4) is 0 Å². The number of hydrogen-bond acceptors (Lipinski definition) is 5. The van der Waals surface area contributed by atoms with Gasteiger partial charge in [-0.05, 0) is 24.3 Å². The van der Waals surface area contributed by atoms with E-state index in [9.17, 15) is 23.3 Å². The normalized spacial score (nSPS) is 11.0. The van der Waals surface area contributed by atoms with Crippen molar-refractivity contribution >= 4 is 38.7 Å². The molecule has 0 aromatic heterocycles. The van der Waals surface area contributed by atoms with Crippen LogP contribution in [-0.2, 0) is 9.84 Å². The average Bonchev–Trinajstić information content (AvgIpc) is 2.46. The first-order valence-electron chi connectivity index (χ1n) is 6.24. The van der Waals surface area contributed by atoms with E-state index in [1.54, 1.807) is 0 Å². The van der Waals surface area contributed by atoms with Crippen molar-refractivity contribution in [2.75, 3.05) is 11.6 Å². The largest absolute Gasteiger partial charge is 0.322 e. The summed E-state index contributed by atoms with van der Waals surface area (Å²) in [4.78, 5) is 22.3. The van der Waals surface area contributed by atoms with Crippen LogP contribution in [0.2, 0.25) is 5.02 Å². The Labute approximate surface area is 137 Å². The van der Waals surface area contributed by atoms with Crippen molar-refractivity contribution in [1.29, 1.82) is 0 Å². The molecular weight excluding hydrogens is 344 g/mol. The number of nitro benzene ring substituents is 1. The summed E-state index contributed by atoms with van der Waals surface area (Å²) in [5.41, 5.74) is -0.0232. The van der Waals surface area contributed by atoms with Gasteiger partial charge in [0.15, 0.2) is 9.84 Å². The maximum absolute atomic E-state index is 12.2. The van der Waals surface area contributed by atoms with E-state index in [1.807, 2.05) is 0 Å². The van der Waals surface area contributed by atoms with Crippen LogP contribution < -0.4 is 5.32 Å². The summed E-state index contributed by atoms with van der Waals surface area (Å²) in [6.07, 6.45) is 1.01. The molecule has 2 aromatic rings. The number of rotatable bonds is 4. The summed E-state index contributed by atoms with van der Waals surface area (Å²) in [5, 5.41) is 13.2. The first-order chi connectivity index (χ1) is 10.7. The molecule has 0 fully saturated rings. The fraction of sp³-hybridized carbons (Fsp3) is 0.0714. The molecule has 0 aliphatic rings. The molecule has 0 unspecified atom stereocenters. The van der Waals surface area contributed by atoms with Gasteiger partial charge >= 0.3 is 0 Å². The molecule has 0 heterocycles. The van der Waals surface area contributed by atoms with Gasteiger partial charge in [0.25, 0.3) is 11.6 Å². The zero-order valence-electron chi connectivity index (χ0n) is 11.8. The van der Waals surface area contributed by atoms with Gasteiger partial charge < -0.3 is 5.32 Å². The first-order valence-corrected chi connectivity index (χ1v) is 8.51. The highest BCUT2D eigenvalue weighted by Crippen LogP contribution is 2.23. The van der Waals surface area contributed by atoms with E-state index in [1.165, 1.54) is 36.4 Å². The van der Waals surface area contributed by atoms with Gasteiger partial charge in [0.05, 0.1) is 20.4 Å². The second kappa shape index (κ2) is 6.35. The number of carbonyl (C=O) groups excluding carboxylic acids is 1. The molecule has 2 aromatic carbocycles. The number of halogens is 1. The predicted octanol–water partition coefficient (Wildman–Crippen LogP) is 2.90. The van der Waals surface area contributed by atoms with Crippen LogP contribution in [-0.4, -0.2) is 25.5 Å². The molecule has 0 radical (unpaired) electrons. The molecule has 7 nitrogen and oxygen atoms in total. The van der Waals surface area contributed by atoms with Crippen molar-refractivity contribution in [1.82, 2.24) is 0 Å². The van der Waals surface area contributed by atoms with Crippen LogP contribution >= 0.6 is 11.6 Å². The van der Waals surface area contributed by atoms with Gasteiger partial charge in [0, 0.05) is 24.1 Å². The Bertz CT molecular complexity index is 896. The lowest BCUT2D eigenvalue weighted by atomic mass is 10.2. The third-order valence-electron chi connectivity index (χ3n) is 2.93. The van der Waals surface area contributed by atoms with Crippen molar-refractivity contribution < 1.29 is 18.1 Å². The lowest BCUT2D eigenvalue weighted by molar-refractivity contribution is -0.384. The molecule has 120 valence electrons. The molecule has 0 spiro atoms. The highest BCUT2D eigenvalue weighted by molar-refractivity contribution is 7.90. The van der Waals surface area contributed by atoms with Gasteiger partial charge in [-0.2, -0.15) is 0 Å². The second-order valence-electron chi connectivity index (χ2n) is 4.68. The monoisotopic (exact) mass is 354 g/mol. The maximum atomic E-state index is 12.2. The number of nitro groups is 1. The van der Waals surface area contributed by atoms with Gasteiger partial charge in [0.1, 0.15) is 0 Å². The predicted molar refractivity (Wildman–Crippen MR) is 85.6 cm³/mol. The Morgan fingerprint density at radius 1 is 1.22 bits per heavy atom. The van der Waals surface area contributed by atoms with Crippen LogP contribution in [0.3, 0.4) is 0 Å². The molecule has 0 saturated carbocycles. The topological polar surface area (TPSA) is 106 Å². The molecule has 23 heavy (non-hydrogen) atoms. The standard InChI is InChI=1S/C14H11ClN2O5S/c1-23(21,22)11-5-6-13(15)12(8-11)14(18)16-9-3-2-4-10(7-9)17(19)20/h2-8H,1H3,(H,16,18). The minimum atomic E-state index is -3.49. The number of carbonyl (C=O) groups is 1. The summed E-state index contributed by atoms with van der Waals surface area (Å²) in [7, 11) is -3.49. The highest BCUT2D eigenvalue weighted by Gasteiger charge is 2.16. The fourth-order valence-corrected chi connectivity index (χ4v) is 2.66. The summed E-state index contributed by atoms with van der Waals surface area (Å²) >= 11 is 5.93. The van der Waals surface area contributed by atoms with Crippen molar-refractivity contribution in [3.63, 3.8) is 0 Å². The van der Waals surface area contributed by atoms with E-state index >= 15 is 0 Å². The van der Waals surface area contributed by atoms with Gasteiger partial charge in [0.2, 0.25) is 0 Å². The summed E-state index contributed by atoms with van der Waals surface area (Å²) in [6, 6.07) is 9.12. The van der Waals surface area contributed by atoms with Gasteiger partial charge in [-0.25, -0.2) is 8.42 Å². The van der Waals surface area contributed by atoms with E-state index < -0.39 is 20.7 Å². The van der Waals surface area contributed by atoms with Crippen molar-refractivity contribution in [2.24, 2.45) is 0 Å². The number of anilines is 1. The molecule has 0 aliphatic carbocycles. The van der Waals surface area contributed by atoms with Gasteiger partial charge in [-0.15, -0.1) is 0 Å². The fourth-order valence-electron chi connectivity index (χ4n) is 1.80. The third kappa shape index (κ3) is 4.05. The van der Waals surface area contributed by atoms with Crippen LogP contribution in [0.4, 0.5) is 11.4 Å². The second-order valence-corrected chi connectivity index (χ2v) is 7.10. The van der Waals surface area contributed by atoms with Crippen LogP contribution in [0.5, 0.6) is 0 Å². The molecule has 0 saturated heterocycles. The van der Waals surface area contributed by atoms with Gasteiger partial charge in [-0.1, -0.05) is 17.7 Å². The Balaban J connectivity index is 2.34. The number of non-ortho nitro benzene ring substituents is 1. The molecule has 9 heteroatoms. The molecule has 1 N–H and O–H groups in total. The summed E-state index contributed by atoms with van der Waals surface area (Å²) in [5.74, 6) is -0.666. The van der Waals surface area contributed by atoms with Crippen LogP contribution in [0.15, 0.2) is 47.4 Å². The lowest BCUT2D eigenvalue weighted by Crippen LogP contribution is -2.13. The molecule has 1 amide bonds. The van der Waals surface area contributed by atoms with Gasteiger partial charge in [-0.3, -0.25) is 14.9 Å². The van der Waals surface area contributed by atoms with Crippen LogP contribution in [0.1, 0.15) is 10.4 Å². The van der Waals surface area contributed by atoms with E-state index in [0.29, 0.717) is 0 Å². The van der Waals surface area contributed by atoms with Crippen molar-refractivity contribution in [2.45, 2.75) is 4.90 Å². The number of nitrogens with one attached hydrogen (secondary N) is 1.